The highest BCUT2D eigenvalue weighted by atomic mass is 35.5. The summed E-state index contributed by atoms with van der Waals surface area (Å²) >= 11 is 6.77. The lowest BCUT2D eigenvalue weighted by Gasteiger charge is -2.37. The Balaban J connectivity index is 0.752. The van der Waals surface area contributed by atoms with Crippen molar-refractivity contribution in [1.29, 1.82) is 0 Å². The maximum absolute atomic E-state index is 13.9. The SMILES string of the molecule is CC(C)c1cc(-c2nnc(O)n2-c2ccc(CN3CCC(C(=O)N4CC[C@@H](COc5nc6c(c(N7CCN(C(N)=O)CC7)n5)CCN(c5cccc7cccc(Cl)c57)C6)C4)CC3)cc2)c(O)cc1O. The van der Waals surface area contributed by atoms with Crippen LogP contribution in [0.2, 0.25) is 5.02 Å². The summed E-state index contributed by atoms with van der Waals surface area (Å²) in [6.07, 6.45) is 3.14. The number of piperidine rings is 1. The average Bonchev–Trinajstić information content (AvgIpc) is 3.99. The van der Waals surface area contributed by atoms with Crippen molar-refractivity contribution in [2.45, 2.75) is 58.5 Å². The molecule has 0 saturated carbocycles. The van der Waals surface area contributed by atoms with Gasteiger partial charge in [0, 0.05) is 86.9 Å². The minimum absolute atomic E-state index is 0.00285. The quantitative estimate of drug-likeness (QED) is 0.107. The molecule has 4 aliphatic heterocycles. The van der Waals surface area contributed by atoms with Crippen molar-refractivity contribution in [3.05, 3.63) is 100 Å². The molecule has 3 amide bonds. The molecule has 6 heterocycles. The fourth-order valence-electron chi connectivity index (χ4n) is 10.5. The molecule has 3 saturated heterocycles. The molecule has 5 N–H and O–H groups in total. The molecule has 3 fully saturated rings. The van der Waals surface area contributed by atoms with Crippen LogP contribution >= 0.6 is 11.6 Å². The molecular formula is C51H58ClN11O6. The third kappa shape index (κ3) is 9.36. The molecule has 0 radical (unpaired) electrons. The number of fused-ring (bicyclic) bond motifs is 2. The second kappa shape index (κ2) is 19.3. The number of halogens is 1. The van der Waals surface area contributed by atoms with Gasteiger partial charge in [0.15, 0.2) is 5.82 Å². The Morgan fingerprint density at radius 3 is 2.32 bits per heavy atom. The number of nitrogens with two attached hydrogens (primary N) is 1. The van der Waals surface area contributed by atoms with E-state index < -0.39 is 6.03 Å². The third-order valence-electron chi connectivity index (χ3n) is 14.3. The topological polar surface area (TPSA) is 203 Å². The number of rotatable bonds is 11. The number of urea groups is 1. The number of phenols is 2. The Labute approximate surface area is 405 Å². The standard InChI is InChI=1S/C51H58ClN11O6/c1-31(2)38-25-39(44(65)26-43(38)64)47-56-57-51(68)63(47)36-11-9-32(10-12-36)27-58-17-14-35(15-18-58)48(66)62-19-13-33(28-62)30-69-50-54-41-29-61(42-8-4-6-34-5-3-7-40(52)45(34)42)20-16-37(41)46(55-50)59-21-23-60(24-22-59)49(53)67/h3-12,25-26,31,33,35,64-65H,13-24,27-30H2,1-2H3,(H2,53,67)(H,57,68)/t33-/m1/s1. The number of aromatic nitrogens is 5. The van der Waals surface area contributed by atoms with E-state index in [0.717, 1.165) is 84.4 Å². The highest BCUT2D eigenvalue weighted by Crippen LogP contribution is 2.40. The van der Waals surface area contributed by atoms with Crippen LogP contribution in [-0.4, -0.2) is 132 Å². The number of nitrogens with zero attached hydrogens (tertiary/aromatic N) is 10. The Morgan fingerprint density at radius 1 is 0.826 bits per heavy atom. The second-order valence-electron chi connectivity index (χ2n) is 19.1. The maximum Gasteiger partial charge on any atom is 0.319 e. The number of benzene rings is 4. The molecule has 360 valence electrons. The molecule has 0 aliphatic carbocycles. The van der Waals surface area contributed by atoms with Gasteiger partial charge in [0.1, 0.15) is 17.3 Å². The Kier molecular flexibility index (Phi) is 12.8. The molecule has 69 heavy (non-hydrogen) atoms. The lowest BCUT2D eigenvalue weighted by molar-refractivity contribution is -0.136. The summed E-state index contributed by atoms with van der Waals surface area (Å²) in [5.41, 5.74) is 11.4. The summed E-state index contributed by atoms with van der Waals surface area (Å²) in [6, 6.07) is 22.6. The monoisotopic (exact) mass is 955 g/mol. The minimum Gasteiger partial charge on any atom is -0.508 e. The first kappa shape index (κ1) is 45.9. The number of ether oxygens (including phenoxy) is 1. The Bertz CT molecular complexity index is 2870. The third-order valence-corrected chi connectivity index (χ3v) is 14.6. The van der Waals surface area contributed by atoms with Crippen molar-refractivity contribution < 1.29 is 29.6 Å². The molecular weight excluding hydrogens is 898 g/mol. The summed E-state index contributed by atoms with van der Waals surface area (Å²) in [5.74, 6) is 1.25. The molecule has 4 aliphatic rings. The van der Waals surface area contributed by atoms with Gasteiger partial charge in [-0.25, -0.2) is 9.36 Å². The van der Waals surface area contributed by atoms with Crippen LogP contribution in [0.5, 0.6) is 23.5 Å². The number of primary amides is 1. The summed E-state index contributed by atoms with van der Waals surface area (Å²) in [7, 11) is 0. The second-order valence-corrected chi connectivity index (χ2v) is 19.5. The van der Waals surface area contributed by atoms with Gasteiger partial charge in [-0.1, -0.05) is 66.9 Å². The van der Waals surface area contributed by atoms with Crippen molar-refractivity contribution in [1.82, 2.24) is 39.4 Å². The van der Waals surface area contributed by atoms with E-state index in [1.807, 2.05) is 55.1 Å². The Morgan fingerprint density at radius 2 is 1.58 bits per heavy atom. The van der Waals surface area contributed by atoms with E-state index >= 15 is 0 Å². The summed E-state index contributed by atoms with van der Waals surface area (Å²) in [5, 5.41) is 42.6. The molecule has 2 aromatic heterocycles. The smallest absolute Gasteiger partial charge is 0.319 e. The molecule has 10 rings (SSSR count). The fraction of sp³-hybridized carbons (Fsp3) is 0.412. The van der Waals surface area contributed by atoms with Gasteiger partial charge in [0.05, 0.1) is 35.1 Å². The number of anilines is 2. The number of hydrogen-bond donors (Lipinski definition) is 4. The first-order valence-electron chi connectivity index (χ1n) is 23.9. The van der Waals surface area contributed by atoms with Gasteiger partial charge in [0.2, 0.25) is 5.91 Å². The van der Waals surface area contributed by atoms with Crippen LogP contribution in [0, 0.1) is 11.8 Å². The van der Waals surface area contributed by atoms with Crippen LogP contribution in [0.3, 0.4) is 0 Å². The maximum atomic E-state index is 13.9. The van der Waals surface area contributed by atoms with E-state index in [2.05, 4.69) is 49.2 Å². The lowest BCUT2D eigenvalue weighted by atomic mass is 9.95. The van der Waals surface area contributed by atoms with Crippen molar-refractivity contribution in [2.75, 3.05) is 75.3 Å². The fourth-order valence-corrected chi connectivity index (χ4v) is 10.8. The van der Waals surface area contributed by atoms with Gasteiger partial charge in [0.25, 0.3) is 0 Å². The van der Waals surface area contributed by atoms with E-state index in [1.165, 1.54) is 10.6 Å². The Hall–Kier alpha value is -6.85. The number of carbonyl (C=O) groups excluding carboxylic acids is 2. The highest BCUT2D eigenvalue weighted by molar-refractivity contribution is 6.36. The van der Waals surface area contributed by atoms with Gasteiger partial charge in [-0.05, 0) is 91.5 Å². The minimum atomic E-state index is -0.415. The predicted molar refractivity (Wildman–Crippen MR) is 263 cm³/mol. The zero-order valence-corrected chi connectivity index (χ0v) is 39.7. The van der Waals surface area contributed by atoms with Crippen molar-refractivity contribution in [3.63, 3.8) is 0 Å². The number of phenolic OH excluding ortho intramolecular Hbond substituents is 2. The summed E-state index contributed by atoms with van der Waals surface area (Å²) < 4.78 is 7.92. The number of amides is 3. The highest BCUT2D eigenvalue weighted by Gasteiger charge is 2.34. The molecule has 1 atom stereocenters. The lowest BCUT2D eigenvalue weighted by Crippen LogP contribution is -2.51. The number of hydrogen-bond acceptors (Lipinski definition) is 13. The van der Waals surface area contributed by atoms with E-state index in [-0.39, 0.29) is 47.0 Å². The molecule has 0 spiro atoms. The van der Waals surface area contributed by atoms with Crippen LogP contribution in [-0.2, 0) is 24.3 Å². The van der Waals surface area contributed by atoms with Crippen molar-refractivity contribution in [3.8, 4) is 40.6 Å². The van der Waals surface area contributed by atoms with Crippen LogP contribution in [0.25, 0.3) is 27.8 Å². The van der Waals surface area contributed by atoms with E-state index in [0.29, 0.717) is 86.8 Å². The first-order valence-corrected chi connectivity index (χ1v) is 24.3. The van der Waals surface area contributed by atoms with Crippen LogP contribution in [0.15, 0.2) is 72.8 Å². The van der Waals surface area contributed by atoms with E-state index in [4.69, 9.17) is 32.0 Å². The zero-order valence-electron chi connectivity index (χ0n) is 39.0. The van der Waals surface area contributed by atoms with Crippen LogP contribution in [0.1, 0.15) is 61.4 Å². The molecule has 6 aromatic rings. The first-order chi connectivity index (χ1) is 33.4. The largest absolute Gasteiger partial charge is 0.508 e. The number of aromatic hydroxyl groups is 3. The van der Waals surface area contributed by atoms with Crippen LogP contribution in [0.4, 0.5) is 16.3 Å². The summed E-state index contributed by atoms with van der Waals surface area (Å²) in [6.45, 7) is 11.5. The molecule has 0 bridgehead atoms. The van der Waals surface area contributed by atoms with Crippen molar-refractivity contribution >= 4 is 45.8 Å². The van der Waals surface area contributed by atoms with E-state index in [9.17, 15) is 24.9 Å². The predicted octanol–water partition coefficient (Wildman–Crippen LogP) is 6.67. The van der Waals surface area contributed by atoms with Gasteiger partial charge in [-0.15, -0.1) is 5.10 Å². The number of likely N-dealkylation sites (tertiary alicyclic amines) is 2. The van der Waals surface area contributed by atoms with E-state index in [1.54, 1.807) is 11.0 Å². The molecule has 18 heteroatoms. The van der Waals surface area contributed by atoms with Gasteiger partial charge < -0.3 is 45.4 Å². The van der Waals surface area contributed by atoms with Gasteiger partial charge >= 0.3 is 18.1 Å². The van der Waals surface area contributed by atoms with Crippen molar-refractivity contribution in [2.24, 2.45) is 17.6 Å². The average molecular weight is 957 g/mol. The normalized spacial score (nSPS) is 18.1. The summed E-state index contributed by atoms with van der Waals surface area (Å²) in [4.78, 5) is 46.5. The number of piperazine rings is 1. The van der Waals surface area contributed by atoms with Gasteiger partial charge in [-0.3, -0.25) is 9.69 Å². The molecule has 0 unspecified atom stereocenters. The molecule has 4 aromatic carbocycles. The number of carbonyl (C=O) groups is 2. The van der Waals surface area contributed by atoms with Gasteiger partial charge in [-0.2, -0.15) is 9.97 Å². The molecule has 17 nitrogen and oxygen atoms in total. The zero-order chi connectivity index (χ0) is 47.9. The van der Waals surface area contributed by atoms with Crippen LogP contribution < -0.4 is 20.3 Å².